The second kappa shape index (κ2) is 4.28. The molecule has 4 heteroatoms. The van der Waals surface area contributed by atoms with Crippen LogP contribution in [0.2, 0.25) is 0 Å². The number of imidazole rings is 1. The molecule has 2 aromatic heterocycles. The van der Waals surface area contributed by atoms with Crippen molar-refractivity contribution in [2.24, 2.45) is 0 Å². The zero-order chi connectivity index (χ0) is 13.5. The van der Waals surface area contributed by atoms with E-state index in [1.54, 1.807) is 11.3 Å². The van der Waals surface area contributed by atoms with E-state index in [2.05, 4.69) is 21.5 Å². The molecule has 4 aromatic rings. The molecule has 0 saturated carbocycles. The van der Waals surface area contributed by atoms with E-state index >= 15 is 0 Å². The van der Waals surface area contributed by atoms with Gasteiger partial charge in [0.25, 0.3) is 0 Å². The predicted molar refractivity (Wildman–Crippen MR) is 81.4 cm³/mol. The van der Waals surface area contributed by atoms with Crippen LogP contribution in [0, 0.1) is 0 Å². The molecule has 96 valence electrons. The summed E-state index contributed by atoms with van der Waals surface area (Å²) >= 11 is 1.60. The van der Waals surface area contributed by atoms with Crippen molar-refractivity contribution in [1.29, 1.82) is 0 Å². The van der Waals surface area contributed by atoms with Gasteiger partial charge in [-0.25, -0.2) is 4.98 Å². The number of hydrogen-bond acceptors (Lipinski definition) is 3. The lowest BCUT2D eigenvalue weighted by Gasteiger charge is -1.94. The number of thiazole rings is 1. The molecule has 0 aliphatic rings. The topological polar surface area (TPSA) is 34.4 Å². The Morgan fingerprint density at radius 2 is 1.95 bits per heavy atom. The van der Waals surface area contributed by atoms with Crippen molar-refractivity contribution in [1.82, 2.24) is 9.38 Å². The van der Waals surface area contributed by atoms with Gasteiger partial charge in [-0.15, -0.1) is 0 Å². The molecule has 2 aromatic carbocycles. The third kappa shape index (κ3) is 1.66. The van der Waals surface area contributed by atoms with Crippen LogP contribution in [-0.2, 0) is 0 Å². The maximum atomic E-state index is 10.8. The Morgan fingerprint density at radius 1 is 1.10 bits per heavy atom. The lowest BCUT2D eigenvalue weighted by molar-refractivity contribution is 0.112. The van der Waals surface area contributed by atoms with Crippen LogP contribution in [-0.4, -0.2) is 15.7 Å². The highest BCUT2D eigenvalue weighted by molar-refractivity contribution is 7.23. The standard InChI is InChI=1S/C16H10N2OS/c19-10-11-6-7-14-15(8-11)20-16-17-13(9-18(14)16)12-4-2-1-3-5-12/h1-10H. The van der Waals surface area contributed by atoms with Gasteiger partial charge < -0.3 is 0 Å². The van der Waals surface area contributed by atoms with Crippen molar-refractivity contribution >= 4 is 32.8 Å². The third-order valence-corrected chi connectivity index (χ3v) is 4.34. The van der Waals surface area contributed by atoms with Gasteiger partial charge in [0, 0.05) is 17.3 Å². The van der Waals surface area contributed by atoms with Crippen molar-refractivity contribution in [3.05, 3.63) is 60.3 Å². The van der Waals surface area contributed by atoms with Crippen molar-refractivity contribution in [2.45, 2.75) is 0 Å². The van der Waals surface area contributed by atoms with E-state index in [1.807, 2.05) is 42.6 Å². The van der Waals surface area contributed by atoms with Crippen LogP contribution < -0.4 is 0 Å². The first-order chi connectivity index (χ1) is 9.85. The van der Waals surface area contributed by atoms with E-state index in [-0.39, 0.29) is 0 Å². The lowest BCUT2D eigenvalue weighted by atomic mass is 10.2. The number of benzene rings is 2. The van der Waals surface area contributed by atoms with Crippen LogP contribution >= 0.6 is 11.3 Å². The van der Waals surface area contributed by atoms with Gasteiger partial charge in [0.15, 0.2) is 4.96 Å². The first kappa shape index (κ1) is 11.4. The van der Waals surface area contributed by atoms with Crippen LogP contribution in [0.5, 0.6) is 0 Å². The van der Waals surface area contributed by atoms with E-state index in [0.717, 1.165) is 32.7 Å². The highest BCUT2D eigenvalue weighted by Gasteiger charge is 2.10. The minimum absolute atomic E-state index is 0.699. The van der Waals surface area contributed by atoms with Gasteiger partial charge in [-0.2, -0.15) is 0 Å². The number of aromatic nitrogens is 2. The average Bonchev–Trinajstić information content (AvgIpc) is 3.05. The number of nitrogens with zero attached hydrogens (tertiary/aromatic N) is 2. The first-order valence-electron chi connectivity index (χ1n) is 6.27. The Kier molecular flexibility index (Phi) is 2.44. The van der Waals surface area contributed by atoms with Gasteiger partial charge in [0.1, 0.15) is 6.29 Å². The zero-order valence-electron chi connectivity index (χ0n) is 10.5. The number of hydrogen-bond donors (Lipinski definition) is 0. The van der Waals surface area contributed by atoms with Crippen LogP contribution in [0.1, 0.15) is 10.4 Å². The minimum Gasteiger partial charge on any atom is -0.298 e. The molecule has 0 saturated heterocycles. The fourth-order valence-electron chi connectivity index (χ4n) is 2.34. The molecule has 3 nitrogen and oxygen atoms in total. The molecule has 0 amide bonds. The van der Waals surface area contributed by atoms with Gasteiger partial charge in [0.05, 0.1) is 15.9 Å². The van der Waals surface area contributed by atoms with Crippen molar-refractivity contribution in [3.63, 3.8) is 0 Å². The van der Waals surface area contributed by atoms with Crippen molar-refractivity contribution < 1.29 is 4.79 Å². The molecule has 0 aliphatic carbocycles. The summed E-state index contributed by atoms with van der Waals surface area (Å²) in [6.45, 7) is 0. The molecule has 0 fully saturated rings. The van der Waals surface area contributed by atoms with Gasteiger partial charge in [-0.1, -0.05) is 41.7 Å². The smallest absolute Gasteiger partial charge is 0.195 e. The maximum absolute atomic E-state index is 10.8. The Bertz CT molecular complexity index is 922. The van der Waals surface area contributed by atoms with Crippen LogP contribution in [0.3, 0.4) is 0 Å². The number of carbonyl (C=O) groups excluding carboxylic acids is 1. The number of fused-ring (bicyclic) bond motifs is 3. The molecular weight excluding hydrogens is 268 g/mol. The summed E-state index contributed by atoms with van der Waals surface area (Å²) in [6.07, 6.45) is 2.92. The van der Waals surface area contributed by atoms with Gasteiger partial charge in [-0.05, 0) is 18.2 Å². The predicted octanol–water partition coefficient (Wildman–Crippen LogP) is 4.03. The molecule has 0 unspecified atom stereocenters. The molecular formula is C16H10N2OS. The van der Waals surface area contributed by atoms with Crippen LogP contribution in [0.15, 0.2) is 54.7 Å². The normalized spacial score (nSPS) is 11.2. The second-order valence-electron chi connectivity index (χ2n) is 4.59. The molecule has 0 spiro atoms. The largest absolute Gasteiger partial charge is 0.298 e. The second-order valence-corrected chi connectivity index (χ2v) is 5.60. The summed E-state index contributed by atoms with van der Waals surface area (Å²) in [5, 5.41) is 0. The van der Waals surface area contributed by atoms with E-state index in [1.165, 1.54) is 0 Å². The number of rotatable bonds is 2. The highest BCUT2D eigenvalue weighted by atomic mass is 32.1. The van der Waals surface area contributed by atoms with Crippen LogP contribution in [0.4, 0.5) is 0 Å². The lowest BCUT2D eigenvalue weighted by Crippen LogP contribution is -1.80. The van der Waals surface area contributed by atoms with E-state index in [4.69, 9.17) is 0 Å². The maximum Gasteiger partial charge on any atom is 0.195 e. The van der Waals surface area contributed by atoms with Gasteiger partial charge in [0.2, 0.25) is 0 Å². The summed E-state index contributed by atoms with van der Waals surface area (Å²) in [4.78, 5) is 16.4. The first-order valence-corrected chi connectivity index (χ1v) is 7.09. The molecule has 20 heavy (non-hydrogen) atoms. The number of carbonyl (C=O) groups is 1. The summed E-state index contributed by atoms with van der Waals surface area (Å²) < 4.78 is 3.16. The Labute approximate surface area is 119 Å². The van der Waals surface area contributed by atoms with E-state index in [9.17, 15) is 4.79 Å². The van der Waals surface area contributed by atoms with Crippen molar-refractivity contribution in [3.8, 4) is 11.3 Å². The molecule has 4 rings (SSSR count). The zero-order valence-corrected chi connectivity index (χ0v) is 11.3. The summed E-state index contributed by atoms with van der Waals surface area (Å²) in [5.41, 5.74) is 3.87. The van der Waals surface area contributed by atoms with Gasteiger partial charge >= 0.3 is 0 Å². The summed E-state index contributed by atoms with van der Waals surface area (Å²) in [5.74, 6) is 0. The molecule has 2 heterocycles. The Balaban J connectivity index is 1.95. The minimum atomic E-state index is 0.699. The van der Waals surface area contributed by atoms with E-state index in [0.29, 0.717) is 5.56 Å². The SMILES string of the molecule is O=Cc1ccc2c(c1)sc1nc(-c3ccccc3)cn12. The molecule has 0 atom stereocenters. The fourth-order valence-corrected chi connectivity index (χ4v) is 3.40. The van der Waals surface area contributed by atoms with Gasteiger partial charge in [-0.3, -0.25) is 9.20 Å². The third-order valence-electron chi connectivity index (χ3n) is 3.32. The van der Waals surface area contributed by atoms with Crippen molar-refractivity contribution in [2.75, 3.05) is 0 Å². The number of aldehydes is 1. The average molecular weight is 278 g/mol. The molecule has 0 bridgehead atoms. The van der Waals surface area contributed by atoms with Crippen LogP contribution in [0.25, 0.3) is 26.4 Å². The summed E-state index contributed by atoms with van der Waals surface area (Å²) in [6, 6.07) is 15.8. The fraction of sp³-hybridized carbons (Fsp3) is 0. The molecule has 0 radical (unpaired) electrons. The van der Waals surface area contributed by atoms with E-state index < -0.39 is 0 Å². The highest BCUT2D eigenvalue weighted by Crippen LogP contribution is 2.29. The molecule has 0 N–H and O–H groups in total. The Hall–Kier alpha value is -2.46. The quantitative estimate of drug-likeness (QED) is 0.519. The molecule has 0 aliphatic heterocycles. The monoisotopic (exact) mass is 278 g/mol. The Morgan fingerprint density at radius 3 is 2.75 bits per heavy atom. The summed E-state index contributed by atoms with van der Waals surface area (Å²) in [7, 11) is 0.